The molecule has 0 aromatic rings. The van der Waals surface area contributed by atoms with Crippen molar-refractivity contribution in [3.63, 3.8) is 0 Å². The second-order valence-electron chi connectivity index (χ2n) is 4.45. The van der Waals surface area contributed by atoms with Gasteiger partial charge in [0.05, 0.1) is 0 Å². The van der Waals surface area contributed by atoms with Gasteiger partial charge in [-0.3, -0.25) is 9.59 Å². The largest absolute Gasteiger partial charge is 0.300 e. The molecule has 0 rings (SSSR count). The highest BCUT2D eigenvalue weighted by molar-refractivity contribution is 5.78. The lowest BCUT2D eigenvalue weighted by Crippen LogP contribution is -1.97. The van der Waals surface area contributed by atoms with E-state index in [1.165, 1.54) is 0 Å². The molecule has 0 aliphatic heterocycles. The molecular formula is C14H26O2. The van der Waals surface area contributed by atoms with E-state index in [0.29, 0.717) is 18.0 Å². The highest BCUT2D eigenvalue weighted by Crippen LogP contribution is 2.08. The van der Waals surface area contributed by atoms with Gasteiger partial charge in [0.1, 0.15) is 11.6 Å². The first-order valence-corrected chi connectivity index (χ1v) is 6.74. The van der Waals surface area contributed by atoms with E-state index in [-0.39, 0.29) is 0 Å². The topological polar surface area (TPSA) is 34.1 Å². The van der Waals surface area contributed by atoms with Crippen molar-refractivity contribution in [2.24, 2.45) is 0 Å². The highest BCUT2D eigenvalue weighted by atomic mass is 16.1. The Kier molecular flexibility index (Phi) is 10.4. The van der Waals surface area contributed by atoms with Crippen LogP contribution >= 0.6 is 0 Å². The van der Waals surface area contributed by atoms with Crippen molar-refractivity contribution < 1.29 is 9.59 Å². The van der Waals surface area contributed by atoms with Gasteiger partial charge in [-0.2, -0.15) is 0 Å². The maximum absolute atomic E-state index is 11.3. The Bertz CT molecular complexity index is 197. The molecule has 0 N–H and O–H groups in total. The third kappa shape index (κ3) is 9.88. The van der Waals surface area contributed by atoms with Gasteiger partial charge in [-0.1, -0.05) is 33.1 Å². The van der Waals surface area contributed by atoms with Crippen molar-refractivity contribution in [3.8, 4) is 0 Å². The van der Waals surface area contributed by atoms with Crippen molar-refractivity contribution >= 4 is 11.6 Å². The molecule has 0 heterocycles. The third-order valence-corrected chi connectivity index (χ3v) is 2.86. The number of unbranched alkanes of at least 4 members (excludes halogenated alkanes) is 4. The van der Waals surface area contributed by atoms with Crippen LogP contribution in [0.4, 0.5) is 0 Å². The van der Waals surface area contributed by atoms with Crippen LogP contribution in [0.1, 0.15) is 78.1 Å². The minimum absolute atomic E-state index is 0.360. The standard InChI is InChI=1S/C14H26O2/c1-3-5-10-14(16)12-9-7-6-8-11-13(15)4-2/h3-12H2,1-2H3. The van der Waals surface area contributed by atoms with E-state index in [0.717, 1.165) is 57.8 Å². The third-order valence-electron chi connectivity index (χ3n) is 2.86. The zero-order valence-corrected chi connectivity index (χ0v) is 10.9. The molecule has 0 spiro atoms. The lowest BCUT2D eigenvalue weighted by atomic mass is 10.0. The first-order chi connectivity index (χ1) is 7.70. The van der Waals surface area contributed by atoms with Crippen LogP contribution in [0.3, 0.4) is 0 Å². The van der Waals surface area contributed by atoms with Gasteiger partial charge in [0.2, 0.25) is 0 Å². The number of ketones is 2. The zero-order chi connectivity index (χ0) is 12.2. The number of rotatable bonds is 11. The summed E-state index contributed by atoms with van der Waals surface area (Å²) >= 11 is 0. The molecule has 0 radical (unpaired) electrons. The second kappa shape index (κ2) is 10.8. The molecule has 0 fully saturated rings. The molecule has 2 heteroatoms. The van der Waals surface area contributed by atoms with Gasteiger partial charge in [-0.25, -0.2) is 0 Å². The van der Waals surface area contributed by atoms with Crippen LogP contribution in [-0.4, -0.2) is 11.6 Å². The van der Waals surface area contributed by atoms with Crippen LogP contribution in [-0.2, 0) is 9.59 Å². The number of hydrogen-bond acceptors (Lipinski definition) is 2. The van der Waals surface area contributed by atoms with Crippen LogP contribution in [0.5, 0.6) is 0 Å². The van der Waals surface area contributed by atoms with Crippen molar-refractivity contribution in [1.82, 2.24) is 0 Å². The van der Waals surface area contributed by atoms with Crippen LogP contribution < -0.4 is 0 Å². The number of hydrogen-bond donors (Lipinski definition) is 0. The maximum Gasteiger partial charge on any atom is 0.132 e. The summed E-state index contributed by atoms with van der Waals surface area (Å²) in [5.74, 6) is 0.769. The number of Topliss-reactive ketones (excluding diaryl/α,β-unsaturated/α-hetero) is 2. The van der Waals surface area contributed by atoms with E-state index >= 15 is 0 Å². The summed E-state index contributed by atoms with van der Waals surface area (Å²) < 4.78 is 0. The van der Waals surface area contributed by atoms with Gasteiger partial charge in [0, 0.05) is 25.7 Å². The van der Waals surface area contributed by atoms with E-state index in [1.807, 2.05) is 6.92 Å². The van der Waals surface area contributed by atoms with Crippen LogP contribution in [0.15, 0.2) is 0 Å². The van der Waals surface area contributed by atoms with Crippen LogP contribution in [0, 0.1) is 0 Å². The van der Waals surface area contributed by atoms with E-state index in [9.17, 15) is 9.59 Å². The molecule has 0 aromatic carbocycles. The fraction of sp³-hybridized carbons (Fsp3) is 0.857. The molecule has 0 amide bonds. The number of carbonyl (C=O) groups excluding carboxylic acids is 2. The summed E-state index contributed by atoms with van der Waals surface area (Å²) in [6.07, 6.45) is 9.19. The van der Waals surface area contributed by atoms with Crippen molar-refractivity contribution in [2.45, 2.75) is 78.1 Å². The lowest BCUT2D eigenvalue weighted by molar-refractivity contribution is -0.120. The fourth-order valence-electron chi connectivity index (χ4n) is 1.67. The quantitative estimate of drug-likeness (QED) is 0.498. The molecule has 94 valence electrons. The molecule has 0 saturated heterocycles. The first kappa shape index (κ1) is 15.3. The average molecular weight is 226 g/mol. The fourth-order valence-corrected chi connectivity index (χ4v) is 1.67. The molecule has 0 bridgehead atoms. The normalized spacial score (nSPS) is 10.4. The smallest absolute Gasteiger partial charge is 0.132 e. The van der Waals surface area contributed by atoms with E-state index < -0.39 is 0 Å². The van der Waals surface area contributed by atoms with E-state index in [4.69, 9.17) is 0 Å². The molecule has 0 unspecified atom stereocenters. The Morgan fingerprint density at radius 2 is 1.19 bits per heavy atom. The van der Waals surface area contributed by atoms with Gasteiger partial charge in [-0.05, 0) is 19.3 Å². The van der Waals surface area contributed by atoms with Crippen molar-refractivity contribution in [3.05, 3.63) is 0 Å². The van der Waals surface area contributed by atoms with Crippen LogP contribution in [0.25, 0.3) is 0 Å². The van der Waals surface area contributed by atoms with E-state index in [1.54, 1.807) is 0 Å². The highest BCUT2D eigenvalue weighted by Gasteiger charge is 2.01. The summed E-state index contributed by atoms with van der Waals surface area (Å²) in [5.41, 5.74) is 0. The molecule has 0 saturated carbocycles. The van der Waals surface area contributed by atoms with Crippen LogP contribution in [0.2, 0.25) is 0 Å². The predicted octanol–water partition coefficient (Wildman–Crippen LogP) is 4.07. The molecule has 0 aromatic heterocycles. The number of carbonyl (C=O) groups is 2. The minimum Gasteiger partial charge on any atom is -0.300 e. The van der Waals surface area contributed by atoms with Gasteiger partial charge in [0.25, 0.3) is 0 Å². The second-order valence-corrected chi connectivity index (χ2v) is 4.45. The zero-order valence-electron chi connectivity index (χ0n) is 10.9. The summed E-state index contributed by atoms with van der Waals surface area (Å²) in [6.45, 7) is 4.02. The van der Waals surface area contributed by atoms with Gasteiger partial charge >= 0.3 is 0 Å². The molecule has 0 aliphatic rings. The first-order valence-electron chi connectivity index (χ1n) is 6.74. The Balaban J connectivity index is 3.20. The predicted molar refractivity (Wildman–Crippen MR) is 67.5 cm³/mol. The Morgan fingerprint density at radius 3 is 1.69 bits per heavy atom. The summed E-state index contributed by atoms with van der Waals surface area (Å²) in [5, 5.41) is 0. The van der Waals surface area contributed by atoms with Gasteiger partial charge < -0.3 is 0 Å². The summed E-state index contributed by atoms with van der Waals surface area (Å²) in [4.78, 5) is 22.4. The molecule has 0 aliphatic carbocycles. The molecule has 2 nitrogen and oxygen atoms in total. The van der Waals surface area contributed by atoms with Crippen molar-refractivity contribution in [2.75, 3.05) is 0 Å². The average Bonchev–Trinajstić information content (AvgIpc) is 2.30. The maximum atomic E-state index is 11.3. The Hall–Kier alpha value is -0.660. The minimum atomic E-state index is 0.360. The van der Waals surface area contributed by atoms with Gasteiger partial charge in [-0.15, -0.1) is 0 Å². The lowest BCUT2D eigenvalue weighted by Gasteiger charge is -2.01. The summed E-state index contributed by atoms with van der Waals surface area (Å²) in [7, 11) is 0. The van der Waals surface area contributed by atoms with E-state index in [2.05, 4.69) is 6.92 Å². The van der Waals surface area contributed by atoms with Gasteiger partial charge in [0.15, 0.2) is 0 Å². The molecule has 16 heavy (non-hydrogen) atoms. The SMILES string of the molecule is CCCCC(=O)CCCCCCC(=O)CC. The summed E-state index contributed by atoms with van der Waals surface area (Å²) in [6, 6.07) is 0. The molecule has 0 atom stereocenters. The molecular weight excluding hydrogens is 200 g/mol. The Morgan fingerprint density at radius 1 is 0.688 bits per heavy atom. The Labute approximate surface area is 99.8 Å². The monoisotopic (exact) mass is 226 g/mol. The van der Waals surface area contributed by atoms with Crippen molar-refractivity contribution in [1.29, 1.82) is 0 Å².